The zero-order chi connectivity index (χ0) is 10.1. The minimum atomic E-state index is -0.915. The normalized spacial score (nSPS) is 11.4. The number of aliphatic hydroxyl groups is 1. The topological polar surface area (TPSA) is 37.3 Å². The molecule has 0 fully saturated rings. The van der Waals surface area contributed by atoms with Crippen LogP contribution in [0, 0.1) is 0 Å². The minimum Gasteiger partial charge on any atom is -0.386 e. The monoisotopic (exact) mass is 242 g/mol. The van der Waals surface area contributed by atoms with Crippen LogP contribution in [0.2, 0.25) is 0 Å². The molecule has 0 saturated carbocycles. The summed E-state index contributed by atoms with van der Waals surface area (Å²) in [7, 11) is 0. The van der Waals surface area contributed by atoms with Crippen LogP contribution in [-0.2, 0) is 5.60 Å². The van der Waals surface area contributed by atoms with Gasteiger partial charge < -0.3 is 5.11 Å². The fourth-order valence-corrected chi connectivity index (χ4v) is 1.54. The number of rotatable bonds is 2. The second kappa shape index (κ2) is 3.60. The zero-order valence-corrected chi connectivity index (χ0v) is 9.13. The Hall–Kier alpha value is -0.670. The molecule has 0 aliphatic heterocycles. The summed E-state index contributed by atoms with van der Waals surface area (Å²) in [6.07, 6.45) is 0.764. The van der Waals surface area contributed by atoms with Crippen molar-refractivity contribution in [2.24, 2.45) is 0 Å². The van der Waals surface area contributed by atoms with Crippen LogP contribution in [0.25, 0.3) is 0 Å². The Bertz CT molecular complexity index is 326. The molecule has 70 valence electrons. The van der Waals surface area contributed by atoms with Crippen LogP contribution in [0.4, 0.5) is 0 Å². The van der Waals surface area contributed by atoms with E-state index in [1.165, 1.54) is 0 Å². The van der Waals surface area contributed by atoms with Gasteiger partial charge in [0, 0.05) is 10.0 Å². The summed E-state index contributed by atoms with van der Waals surface area (Å²) >= 11 is 3.28. The van der Waals surface area contributed by atoms with Crippen molar-refractivity contribution in [3.8, 4) is 0 Å². The van der Waals surface area contributed by atoms with Crippen molar-refractivity contribution in [2.45, 2.75) is 19.4 Å². The predicted octanol–water partition coefficient (Wildman–Crippen LogP) is 2.49. The number of hydrogen-bond donors (Lipinski definition) is 1. The third kappa shape index (κ3) is 2.64. The molecule has 1 aromatic carbocycles. The van der Waals surface area contributed by atoms with Crippen molar-refractivity contribution in [1.82, 2.24) is 0 Å². The van der Waals surface area contributed by atoms with Crippen molar-refractivity contribution in [2.75, 3.05) is 0 Å². The summed E-state index contributed by atoms with van der Waals surface area (Å²) in [5.74, 6) is 0. The quantitative estimate of drug-likeness (QED) is 0.810. The van der Waals surface area contributed by atoms with Crippen LogP contribution in [-0.4, -0.2) is 11.4 Å². The number of carbonyl (C=O) groups is 1. The molecule has 1 aromatic rings. The molecule has 0 aromatic heterocycles. The average Bonchev–Trinajstić information content (AvgIpc) is 2.01. The molecule has 0 aliphatic carbocycles. The van der Waals surface area contributed by atoms with Gasteiger partial charge in [0.25, 0.3) is 0 Å². The summed E-state index contributed by atoms with van der Waals surface area (Å²) < 4.78 is 0.800. The molecule has 13 heavy (non-hydrogen) atoms. The molecular formula is C10H11BrO2. The van der Waals surface area contributed by atoms with Gasteiger partial charge in [0.05, 0.1) is 5.60 Å². The van der Waals surface area contributed by atoms with Gasteiger partial charge in [-0.3, -0.25) is 4.79 Å². The average molecular weight is 243 g/mol. The molecule has 3 heteroatoms. The predicted molar refractivity (Wildman–Crippen MR) is 54.8 cm³/mol. The number of carbonyl (C=O) groups excluding carboxylic acids is 1. The molecule has 0 radical (unpaired) electrons. The van der Waals surface area contributed by atoms with Crippen molar-refractivity contribution < 1.29 is 9.90 Å². The van der Waals surface area contributed by atoms with E-state index in [0.717, 1.165) is 16.3 Å². The highest BCUT2D eigenvalue weighted by molar-refractivity contribution is 9.10. The molecule has 0 heterocycles. The maximum absolute atomic E-state index is 10.5. The maximum atomic E-state index is 10.5. The third-order valence-corrected chi connectivity index (χ3v) is 2.22. The van der Waals surface area contributed by atoms with Gasteiger partial charge in [0.2, 0.25) is 0 Å². The van der Waals surface area contributed by atoms with Crippen LogP contribution in [0.1, 0.15) is 29.8 Å². The number of aldehydes is 1. The Labute approximate surface area is 85.7 Å². The van der Waals surface area contributed by atoms with Gasteiger partial charge in [-0.05, 0) is 37.6 Å². The van der Waals surface area contributed by atoms with E-state index in [4.69, 9.17) is 0 Å². The van der Waals surface area contributed by atoms with Crippen molar-refractivity contribution in [1.29, 1.82) is 0 Å². The first kappa shape index (κ1) is 10.4. The van der Waals surface area contributed by atoms with E-state index in [-0.39, 0.29) is 0 Å². The lowest BCUT2D eigenvalue weighted by atomic mass is 9.97. The lowest BCUT2D eigenvalue weighted by Gasteiger charge is -2.18. The molecular weight excluding hydrogens is 232 g/mol. The third-order valence-electron chi connectivity index (χ3n) is 1.76. The lowest BCUT2D eigenvalue weighted by molar-refractivity contribution is 0.0785. The molecule has 0 saturated heterocycles. The summed E-state index contributed by atoms with van der Waals surface area (Å²) in [6, 6.07) is 5.19. The van der Waals surface area contributed by atoms with Gasteiger partial charge >= 0.3 is 0 Å². The molecule has 1 N–H and O–H groups in total. The van der Waals surface area contributed by atoms with Gasteiger partial charge in [-0.15, -0.1) is 0 Å². The summed E-state index contributed by atoms with van der Waals surface area (Å²) in [4.78, 5) is 10.5. The second-order valence-electron chi connectivity index (χ2n) is 3.45. The Balaban J connectivity index is 3.24. The van der Waals surface area contributed by atoms with Crippen LogP contribution >= 0.6 is 15.9 Å². The lowest BCUT2D eigenvalue weighted by Crippen LogP contribution is -2.15. The maximum Gasteiger partial charge on any atom is 0.150 e. The molecule has 1 rings (SSSR count). The molecule has 0 spiro atoms. The standard InChI is InChI=1S/C10H11BrO2/c1-10(2,13)8-3-7(6-12)4-9(11)5-8/h3-6,13H,1-2H3. The molecule has 2 nitrogen and oxygen atoms in total. The van der Waals surface area contributed by atoms with E-state index in [0.29, 0.717) is 5.56 Å². The van der Waals surface area contributed by atoms with Crippen LogP contribution in [0.3, 0.4) is 0 Å². The first-order valence-corrected chi connectivity index (χ1v) is 4.71. The SMILES string of the molecule is CC(C)(O)c1cc(Br)cc(C=O)c1. The molecule has 0 unspecified atom stereocenters. The van der Waals surface area contributed by atoms with Gasteiger partial charge in [0.1, 0.15) is 6.29 Å². The number of hydrogen-bond acceptors (Lipinski definition) is 2. The largest absolute Gasteiger partial charge is 0.386 e. The molecule has 0 aliphatic rings. The summed E-state index contributed by atoms with van der Waals surface area (Å²) in [6.45, 7) is 3.37. The first-order chi connectivity index (χ1) is 5.93. The molecule has 0 atom stereocenters. The van der Waals surface area contributed by atoms with E-state index in [1.807, 2.05) is 0 Å². The van der Waals surface area contributed by atoms with Crippen molar-refractivity contribution in [3.63, 3.8) is 0 Å². The van der Waals surface area contributed by atoms with Crippen molar-refractivity contribution in [3.05, 3.63) is 33.8 Å². The van der Waals surface area contributed by atoms with Crippen molar-refractivity contribution >= 4 is 22.2 Å². The highest BCUT2D eigenvalue weighted by atomic mass is 79.9. The van der Waals surface area contributed by atoms with E-state index < -0.39 is 5.60 Å². The Morgan fingerprint density at radius 1 is 1.38 bits per heavy atom. The second-order valence-corrected chi connectivity index (χ2v) is 4.37. The van der Waals surface area contributed by atoms with Crippen LogP contribution in [0.5, 0.6) is 0 Å². The number of halogens is 1. The van der Waals surface area contributed by atoms with Gasteiger partial charge in [-0.25, -0.2) is 0 Å². The summed E-state index contributed by atoms with van der Waals surface area (Å²) in [5.41, 5.74) is 0.372. The fourth-order valence-electron chi connectivity index (χ4n) is 1.03. The fraction of sp³-hybridized carbons (Fsp3) is 0.300. The van der Waals surface area contributed by atoms with E-state index in [1.54, 1.807) is 32.0 Å². The minimum absolute atomic E-state index is 0.562. The zero-order valence-electron chi connectivity index (χ0n) is 7.54. The molecule has 0 amide bonds. The smallest absolute Gasteiger partial charge is 0.150 e. The highest BCUT2D eigenvalue weighted by Gasteiger charge is 2.16. The van der Waals surface area contributed by atoms with E-state index in [9.17, 15) is 9.90 Å². The molecule has 0 bridgehead atoms. The Morgan fingerprint density at radius 2 is 2.00 bits per heavy atom. The van der Waals surface area contributed by atoms with Gasteiger partial charge in [-0.1, -0.05) is 15.9 Å². The first-order valence-electron chi connectivity index (χ1n) is 3.92. The highest BCUT2D eigenvalue weighted by Crippen LogP contribution is 2.24. The number of benzene rings is 1. The van der Waals surface area contributed by atoms with Crippen LogP contribution in [0.15, 0.2) is 22.7 Å². The van der Waals surface area contributed by atoms with E-state index in [2.05, 4.69) is 15.9 Å². The summed E-state index contributed by atoms with van der Waals surface area (Å²) in [5, 5.41) is 9.70. The van der Waals surface area contributed by atoms with Gasteiger partial charge in [0.15, 0.2) is 0 Å². The van der Waals surface area contributed by atoms with E-state index >= 15 is 0 Å². The van der Waals surface area contributed by atoms with Crippen LogP contribution < -0.4 is 0 Å². The Morgan fingerprint density at radius 3 is 2.46 bits per heavy atom. The Kier molecular flexibility index (Phi) is 2.88. The van der Waals surface area contributed by atoms with Gasteiger partial charge in [-0.2, -0.15) is 0 Å².